The second-order valence-electron chi connectivity index (χ2n) is 18.7. The molecule has 3 fully saturated rings. The molecule has 16 heteroatoms. The van der Waals surface area contributed by atoms with Gasteiger partial charge in [-0.25, -0.2) is 9.49 Å². The maximum Gasteiger partial charge on any atom is 0.272 e. The van der Waals surface area contributed by atoms with Crippen LogP contribution in [-0.4, -0.2) is 149 Å². The Balaban J connectivity index is 0.000000326. The number of pyridine rings is 1. The maximum atomic E-state index is 14.9. The minimum atomic E-state index is -0.591. The van der Waals surface area contributed by atoms with Gasteiger partial charge in [0.25, 0.3) is 11.5 Å². The minimum Gasteiger partial charge on any atom is -0.387 e. The highest BCUT2D eigenvalue weighted by Crippen LogP contribution is 2.25. The highest BCUT2D eigenvalue weighted by molar-refractivity contribution is 5.95. The number of carbonyl (C=O) groups is 4. The number of hydrogen-bond acceptors (Lipinski definition) is 10. The average molecular weight is 1050 g/mol. The SMILES string of the molecule is C.C=C.CC.CCc1cccc(-c2cnc(C)c(NC)c2)c1.Cc1ccccc1C(N)=O.O=CN1CCC(CN2CCN(CC(=O)N3CCN(C(=O)c4cc(Cc5n[nH]c(=O)c6ccccc56)ccc4F)CC3)CC2)CC1. The molecule has 3 aliphatic heterocycles. The first-order chi connectivity index (χ1) is 36.8. The molecule has 3 aliphatic rings. The summed E-state index contributed by atoms with van der Waals surface area (Å²) in [4.78, 5) is 74.6. The Hall–Kier alpha value is -7.56. The Bertz CT molecular complexity index is 2910. The fourth-order valence-electron chi connectivity index (χ4n) is 9.47. The molecular formula is C61H81FN10O5. The fraction of sp³-hybridized carbons (Fsp3) is 0.393. The van der Waals surface area contributed by atoms with Crippen molar-refractivity contribution in [1.29, 1.82) is 0 Å². The third kappa shape index (κ3) is 17.5. The summed E-state index contributed by atoms with van der Waals surface area (Å²) in [5, 5.41) is 11.1. The number of piperidine rings is 1. The highest BCUT2D eigenvalue weighted by atomic mass is 19.1. The molecule has 15 nitrogen and oxygen atoms in total. The number of aromatic amines is 1. The van der Waals surface area contributed by atoms with Gasteiger partial charge in [-0.3, -0.25) is 33.9 Å². The number of nitrogens with two attached hydrogens (primary N) is 1. The van der Waals surface area contributed by atoms with E-state index in [0.717, 1.165) is 94.0 Å². The van der Waals surface area contributed by atoms with Crippen molar-refractivity contribution in [2.45, 2.75) is 67.7 Å². The normalized spacial score (nSPS) is 14.6. The van der Waals surface area contributed by atoms with Crippen molar-refractivity contribution in [2.24, 2.45) is 11.7 Å². The lowest BCUT2D eigenvalue weighted by atomic mass is 9.96. The molecule has 4 N–H and O–H groups in total. The largest absolute Gasteiger partial charge is 0.387 e. The Labute approximate surface area is 455 Å². The first-order valence-corrected chi connectivity index (χ1v) is 26.4. The van der Waals surface area contributed by atoms with Crippen LogP contribution in [0.2, 0.25) is 0 Å². The van der Waals surface area contributed by atoms with Crippen LogP contribution in [0.25, 0.3) is 21.9 Å². The molecule has 3 saturated heterocycles. The van der Waals surface area contributed by atoms with Crippen LogP contribution in [0.1, 0.15) is 89.8 Å². The van der Waals surface area contributed by atoms with E-state index in [1.54, 1.807) is 46.2 Å². The smallest absolute Gasteiger partial charge is 0.272 e. The molecule has 4 amide bonds. The van der Waals surface area contributed by atoms with Crippen molar-refractivity contribution in [3.8, 4) is 11.1 Å². The number of amides is 4. The van der Waals surface area contributed by atoms with Crippen molar-refractivity contribution >= 4 is 40.6 Å². The zero-order valence-corrected chi connectivity index (χ0v) is 45.3. The predicted octanol–water partition coefficient (Wildman–Crippen LogP) is 8.64. The van der Waals surface area contributed by atoms with Crippen LogP contribution in [0.15, 0.2) is 121 Å². The topological polar surface area (TPSA) is 181 Å². The van der Waals surface area contributed by atoms with Gasteiger partial charge < -0.3 is 30.7 Å². The second kappa shape index (κ2) is 31.5. The van der Waals surface area contributed by atoms with E-state index in [2.05, 4.69) is 80.7 Å². The van der Waals surface area contributed by atoms with Crippen LogP contribution >= 0.6 is 0 Å². The lowest BCUT2D eigenvalue weighted by Crippen LogP contribution is -2.55. The second-order valence-corrected chi connectivity index (χ2v) is 18.7. The number of anilines is 1. The van der Waals surface area contributed by atoms with E-state index in [1.807, 2.05) is 70.1 Å². The van der Waals surface area contributed by atoms with Crippen LogP contribution in [0.4, 0.5) is 10.1 Å². The van der Waals surface area contributed by atoms with Gasteiger partial charge in [0.05, 0.1) is 34.6 Å². The third-order valence-electron chi connectivity index (χ3n) is 13.9. The molecule has 0 saturated carbocycles. The number of rotatable bonds is 12. The Morgan fingerprint density at radius 3 is 2.03 bits per heavy atom. The van der Waals surface area contributed by atoms with E-state index in [4.69, 9.17) is 5.73 Å². The lowest BCUT2D eigenvalue weighted by molar-refractivity contribution is -0.134. The summed E-state index contributed by atoms with van der Waals surface area (Å²) in [7, 11) is 1.93. The van der Waals surface area contributed by atoms with E-state index < -0.39 is 11.7 Å². The number of nitrogens with one attached hydrogen (secondary N) is 2. The number of piperazine rings is 2. The number of hydrogen-bond donors (Lipinski definition) is 3. The molecule has 77 heavy (non-hydrogen) atoms. The van der Waals surface area contributed by atoms with Gasteiger partial charge in [-0.1, -0.05) is 94.9 Å². The van der Waals surface area contributed by atoms with E-state index in [0.29, 0.717) is 72.7 Å². The number of likely N-dealkylation sites (tertiary alicyclic amines) is 1. The Morgan fingerprint density at radius 1 is 0.766 bits per heavy atom. The van der Waals surface area contributed by atoms with Gasteiger partial charge in [0.15, 0.2) is 0 Å². The fourth-order valence-corrected chi connectivity index (χ4v) is 9.47. The first kappa shape index (κ1) is 62.0. The van der Waals surface area contributed by atoms with Crippen LogP contribution < -0.4 is 16.6 Å². The molecule has 2 aromatic heterocycles. The van der Waals surface area contributed by atoms with Crippen molar-refractivity contribution < 1.29 is 23.6 Å². The number of halogens is 1. The number of aryl methyl sites for hydroxylation is 3. The van der Waals surface area contributed by atoms with E-state index >= 15 is 0 Å². The Kier molecular flexibility index (Phi) is 25.3. The van der Waals surface area contributed by atoms with Crippen LogP contribution in [0.3, 0.4) is 0 Å². The highest BCUT2D eigenvalue weighted by Gasteiger charge is 2.29. The van der Waals surface area contributed by atoms with Gasteiger partial charge in [-0.15, -0.1) is 13.2 Å². The molecular weight excluding hydrogens is 972 g/mol. The third-order valence-corrected chi connectivity index (χ3v) is 13.9. The van der Waals surface area contributed by atoms with Gasteiger partial charge >= 0.3 is 0 Å². The minimum absolute atomic E-state index is 0. The molecule has 0 atom stereocenters. The summed E-state index contributed by atoms with van der Waals surface area (Å²) in [5.74, 6) is -0.665. The number of carbonyl (C=O) groups excluding carboxylic acids is 4. The predicted molar refractivity (Wildman–Crippen MR) is 310 cm³/mol. The molecule has 0 aliphatic carbocycles. The van der Waals surface area contributed by atoms with Crippen LogP contribution in [-0.2, 0) is 22.4 Å². The molecule has 0 bridgehead atoms. The van der Waals surface area contributed by atoms with Gasteiger partial charge in [0.1, 0.15) is 5.82 Å². The lowest BCUT2D eigenvalue weighted by Gasteiger charge is -2.39. The summed E-state index contributed by atoms with van der Waals surface area (Å²) in [6.07, 6.45) is 6.37. The number of fused-ring (bicyclic) bond motifs is 1. The van der Waals surface area contributed by atoms with Gasteiger partial charge in [0, 0.05) is 108 Å². The molecule has 5 heterocycles. The quantitative estimate of drug-likeness (QED) is 0.0793. The Morgan fingerprint density at radius 2 is 1.40 bits per heavy atom. The zero-order chi connectivity index (χ0) is 55.1. The van der Waals surface area contributed by atoms with E-state index in [1.165, 1.54) is 17.2 Å². The number of H-pyrrole nitrogens is 1. The summed E-state index contributed by atoms with van der Waals surface area (Å²) < 4.78 is 14.9. The molecule has 0 spiro atoms. The monoisotopic (exact) mass is 1050 g/mol. The van der Waals surface area contributed by atoms with E-state index in [-0.39, 0.29) is 30.4 Å². The number of nitrogens with zero attached hydrogens (tertiary/aromatic N) is 7. The molecule has 9 rings (SSSR count). The van der Waals surface area contributed by atoms with Gasteiger partial charge in [0.2, 0.25) is 18.2 Å². The molecule has 0 unspecified atom stereocenters. The molecule has 4 aromatic carbocycles. The summed E-state index contributed by atoms with van der Waals surface area (Å²) in [6.45, 7) is 24.2. The summed E-state index contributed by atoms with van der Waals surface area (Å²) in [6, 6.07) is 29.7. The summed E-state index contributed by atoms with van der Waals surface area (Å²) in [5.41, 5.74) is 13.5. The van der Waals surface area contributed by atoms with Crippen LogP contribution in [0.5, 0.6) is 0 Å². The van der Waals surface area contributed by atoms with Crippen LogP contribution in [0, 0.1) is 25.6 Å². The number of benzene rings is 4. The maximum absolute atomic E-state index is 14.9. The zero-order valence-electron chi connectivity index (χ0n) is 45.3. The summed E-state index contributed by atoms with van der Waals surface area (Å²) >= 11 is 0. The number of aromatic nitrogens is 3. The first-order valence-electron chi connectivity index (χ1n) is 26.4. The van der Waals surface area contributed by atoms with Crippen molar-refractivity contribution in [3.05, 3.63) is 172 Å². The molecule has 0 radical (unpaired) electrons. The van der Waals surface area contributed by atoms with Crippen molar-refractivity contribution in [1.82, 2.24) is 39.7 Å². The van der Waals surface area contributed by atoms with Gasteiger partial charge in [-0.2, -0.15) is 5.10 Å². The van der Waals surface area contributed by atoms with Gasteiger partial charge in [-0.05, 0) is 91.6 Å². The molecule has 412 valence electrons. The van der Waals surface area contributed by atoms with Crippen molar-refractivity contribution in [3.63, 3.8) is 0 Å². The molecule has 6 aromatic rings. The average Bonchev–Trinajstić information content (AvgIpc) is 3.46. The standard InChI is InChI=1S/C33H40FN7O4.C15H18N2.C8H9NO.C2H6.C2H4.CH4/c34-29-6-5-25(20-30-26-3-1-2-4-27(26)32(44)36-35-30)19-28(29)33(45)41-17-15-40(16-18-41)31(43)22-38-13-11-37(12-14-38)21-24-7-9-39(23-42)10-8-24;1-4-12-6-5-7-13(8-12)14-9-15(16-3)11(2)17-10-14;1-6-4-2-3-5-7(6)8(9)10;2*1-2;/h1-6,19,23-24H,7-18,20-22H2,(H,36,44);5-10,16H,4H2,1-3H3;2-5H,1H3,(H2,9,10);1-2H3;1-2H2;1H4. The van der Waals surface area contributed by atoms with Crippen molar-refractivity contribution in [2.75, 3.05) is 90.9 Å². The number of primary amides is 1. The van der Waals surface area contributed by atoms with E-state index in [9.17, 15) is 28.4 Å².